The van der Waals surface area contributed by atoms with Crippen LogP contribution in [-0.4, -0.2) is 119 Å². The van der Waals surface area contributed by atoms with Gasteiger partial charge in [-0.1, -0.05) is 45.9 Å². The number of nitriles is 1. The third kappa shape index (κ3) is 9.67. The summed E-state index contributed by atoms with van der Waals surface area (Å²) in [6.45, 7) is 10.3. The lowest BCUT2D eigenvalue weighted by atomic mass is 9.95. The average Bonchev–Trinajstić information content (AvgIpc) is 3.73. The number of hydrogen-bond acceptors (Lipinski definition) is 15. The molecule has 0 radical (unpaired) electrons. The largest absolute Gasteiger partial charge is 0.468 e. The van der Waals surface area contributed by atoms with Crippen molar-refractivity contribution in [3.63, 3.8) is 0 Å². The van der Waals surface area contributed by atoms with Crippen LogP contribution in [-0.2, 0) is 42.4 Å². The van der Waals surface area contributed by atoms with Gasteiger partial charge >= 0.3 is 25.7 Å². The second kappa shape index (κ2) is 17.7. The molecule has 19 heteroatoms. The third-order valence-corrected chi connectivity index (χ3v) is 10.6. The van der Waals surface area contributed by atoms with Crippen molar-refractivity contribution in [2.75, 3.05) is 46.9 Å². The second-order valence-electron chi connectivity index (χ2n) is 13.9. The predicted octanol–water partition coefficient (Wildman–Crippen LogP) is 3.46. The number of hydrogen-bond donors (Lipinski definition) is 1. The Kier molecular flexibility index (Phi) is 13.3. The molecule has 0 aliphatic carbocycles. The minimum absolute atomic E-state index is 0.114. The van der Waals surface area contributed by atoms with Gasteiger partial charge < -0.3 is 33.3 Å². The maximum absolute atomic E-state index is 14.4. The summed E-state index contributed by atoms with van der Waals surface area (Å²) in [7, 11) is -1.32. The lowest BCUT2D eigenvalue weighted by Gasteiger charge is -2.31. The average molecular weight is 783 g/mol. The van der Waals surface area contributed by atoms with Crippen LogP contribution < -0.4 is 9.61 Å². The molecule has 296 valence electrons. The molecule has 0 amide bonds. The van der Waals surface area contributed by atoms with Crippen LogP contribution in [0.3, 0.4) is 0 Å². The van der Waals surface area contributed by atoms with Gasteiger partial charge in [0.05, 0.1) is 31.0 Å². The molecule has 2 aliphatic rings. The molecule has 0 saturated carbocycles. The summed E-state index contributed by atoms with van der Waals surface area (Å²) in [5, 5.41) is 17.9. The zero-order chi connectivity index (χ0) is 39.9. The fraction of sp³-hybridized carbons (Fsp3) is 0.528. The van der Waals surface area contributed by atoms with Crippen LogP contribution in [0.15, 0.2) is 53.8 Å². The number of fused-ring (bicyclic) bond motifs is 1. The molecule has 2 saturated heterocycles. The molecule has 5 rings (SSSR count). The molecule has 0 spiro atoms. The number of carbonyl (C=O) groups is 3. The third-order valence-electron chi connectivity index (χ3n) is 8.98. The number of benzene rings is 1. The van der Waals surface area contributed by atoms with Gasteiger partial charge in [0.25, 0.3) is 0 Å². The zero-order valence-electron chi connectivity index (χ0n) is 31.9. The second-order valence-corrected chi connectivity index (χ2v) is 15.6. The van der Waals surface area contributed by atoms with Crippen LogP contribution in [0.25, 0.3) is 5.52 Å². The minimum Gasteiger partial charge on any atom is -0.468 e. The van der Waals surface area contributed by atoms with E-state index in [1.807, 2.05) is 0 Å². The Labute approximate surface area is 319 Å². The monoisotopic (exact) mass is 782 g/mol. The van der Waals surface area contributed by atoms with E-state index < -0.39 is 74.1 Å². The number of rotatable bonds is 15. The zero-order valence-corrected chi connectivity index (χ0v) is 32.8. The van der Waals surface area contributed by atoms with E-state index in [9.17, 15) is 24.2 Å². The number of nitrogens with zero attached hydrogens (tertiary/aromatic N) is 7. The van der Waals surface area contributed by atoms with Crippen LogP contribution in [0.1, 0.15) is 46.4 Å². The summed E-state index contributed by atoms with van der Waals surface area (Å²) < 4.78 is 50.7. The number of esters is 3. The molecule has 6 atom stereocenters. The Balaban J connectivity index is 1.56. The van der Waals surface area contributed by atoms with Gasteiger partial charge in [-0.25, -0.2) is 19.1 Å². The van der Waals surface area contributed by atoms with Gasteiger partial charge in [0, 0.05) is 26.2 Å². The first kappa shape index (κ1) is 41.2. The Morgan fingerprint density at radius 2 is 1.71 bits per heavy atom. The number of piperazine rings is 1. The Morgan fingerprint density at radius 1 is 1.04 bits per heavy atom. The van der Waals surface area contributed by atoms with Crippen molar-refractivity contribution in [2.24, 2.45) is 16.8 Å². The normalized spacial score (nSPS) is 23.4. The van der Waals surface area contributed by atoms with Gasteiger partial charge in [0.1, 0.15) is 42.4 Å². The number of aromatic nitrogens is 3. The number of likely N-dealkylation sites (N-methyl/N-ethyl adjacent to an activating group) is 1. The summed E-state index contributed by atoms with van der Waals surface area (Å²) in [6, 6.07) is 12.2. The Bertz CT molecular complexity index is 1940. The summed E-state index contributed by atoms with van der Waals surface area (Å²) in [5.41, 5.74) is -1.48. The molecule has 18 nitrogen and oxygen atoms in total. The summed E-state index contributed by atoms with van der Waals surface area (Å²) in [6.07, 6.45) is -1.31. The highest BCUT2D eigenvalue weighted by Crippen LogP contribution is 2.50. The van der Waals surface area contributed by atoms with E-state index in [-0.39, 0.29) is 5.75 Å². The number of nitrogens with one attached hydrogen (secondary N) is 1. The molecule has 1 aromatic carbocycles. The minimum atomic E-state index is -4.54. The number of carbonyl (C=O) groups excluding carboxylic acids is 3. The molecule has 4 heterocycles. The molecule has 55 heavy (non-hydrogen) atoms. The van der Waals surface area contributed by atoms with Crippen LogP contribution in [0.4, 0.5) is 5.82 Å². The highest BCUT2D eigenvalue weighted by Gasteiger charge is 2.62. The maximum atomic E-state index is 14.4. The van der Waals surface area contributed by atoms with E-state index in [4.69, 9.17) is 28.0 Å². The molecule has 1 N–H and O–H groups in total. The van der Waals surface area contributed by atoms with Crippen molar-refractivity contribution < 1.29 is 46.9 Å². The topological polar surface area (TPSA) is 209 Å². The van der Waals surface area contributed by atoms with Gasteiger partial charge in [-0.05, 0) is 38.2 Å². The van der Waals surface area contributed by atoms with Crippen molar-refractivity contribution >= 4 is 43.3 Å². The predicted molar refractivity (Wildman–Crippen MR) is 197 cm³/mol. The first-order valence-electron chi connectivity index (χ1n) is 17.8. The molecule has 0 bridgehead atoms. The molecule has 3 aromatic rings. The smallest absolute Gasteiger partial charge is 0.459 e. The molecular weight excluding hydrogens is 735 g/mol. The van der Waals surface area contributed by atoms with Crippen molar-refractivity contribution in [3.8, 4) is 11.8 Å². The van der Waals surface area contributed by atoms with Gasteiger partial charge in [-0.2, -0.15) is 15.4 Å². The quantitative estimate of drug-likeness (QED) is 0.0770. The number of ether oxygens (including phenoxy) is 4. The first-order chi connectivity index (χ1) is 26.2. The van der Waals surface area contributed by atoms with E-state index in [1.54, 1.807) is 64.4 Å². The first-order valence-corrected chi connectivity index (χ1v) is 19.4. The summed E-state index contributed by atoms with van der Waals surface area (Å²) >= 11 is 0. The number of aliphatic imine (C=N–C) groups is 1. The van der Waals surface area contributed by atoms with Gasteiger partial charge in [0.2, 0.25) is 5.60 Å². The number of para-hydroxylation sites is 1. The SMILES string of the molecule is COC(=O)[C@H](C)NP(=O)(OC[C@@]1(C#N)O[C@@H](c2ccc3c(/N=C/N4CCN(C)CC4)ncnn23)[C@H](OC(=O)C(C)C)[C@@H]1OC(=O)C(C)C)Oc1ccccc1. The lowest BCUT2D eigenvalue weighted by molar-refractivity contribution is -0.173. The van der Waals surface area contributed by atoms with Crippen LogP contribution in [0, 0.1) is 23.2 Å². The Morgan fingerprint density at radius 3 is 2.35 bits per heavy atom. The van der Waals surface area contributed by atoms with Crippen LogP contribution >= 0.6 is 7.75 Å². The molecular formula is C36H47N8O10P. The molecule has 2 aromatic heterocycles. The van der Waals surface area contributed by atoms with Crippen LogP contribution in [0.2, 0.25) is 0 Å². The van der Waals surface area contributed by atoms with Gasteiger partial charge in [-0.3, -0.25) is 18.9 Å². The highest BCUT2D eigenvalue weighted by atomic mass is 31.2. The lowest BCUT2D eigenvalue weighted by Crippen LogP contribution is -2.50. The molecule has 1 unspecified atom stereocenters. The number of methoxy groups -OCH3 is 1. The van der Waals surface area contributed by atoms with Crippen molar-refractivity contribution in [1.29, 1.82) is 5.26 Å². The standard InChI is InChI=1S/C36H47N8O10P/c1-23(2)33(45)51-30-29(27-13-14-28-32(38-21-40-44(27)28)39-22-43-17-15-42(6)16-18-43)53-36(19-37,31(30)52-34(46)24(3)4)20-50-55(48,41-25(5)35(47)49-7)54-26-11-9-8-10-12-26/h8-14,21-25,29-31H,15-18,20H2,1-7H3,(H,41,48)/b39-22+/t25-,29-,30-,31-,36+,55?/m0/s1. The van der Waals surface area contributed by atoms with Gasteiger partial charge in [-0.15, -0.1) is 0 Å². The van der Waals surface area contributed by atoms with Crippen molar-refractivity contribution in [1.82, 2.24) is 29.5 Å². The van der Waals surface area contributed by atoms with E-state index in [2.05, 4.69) is 43.1 Å². The fourth-order valence-electron chi connectivity index (χ4n) is 5.76. The summed E-state index contributed by atoms with van der Waals surface area (Å²) in [5.74, 6) is -3.01. The highest BCUT2D eigenvalue weighted by molar-refractivity contribution is 7.52. The van der Waals surface area contributed by atoms with Crippen molar-refractivity contribution in [3.05, 3.63) is 54.5 Å². The van der Waals surface area contributed by atoms with Crippen molar-refractivity contribution in [2.45, 2.75) is 64.6 Å². The van der Waals surface area contributed by atoms with Crippen LogP contribution in [0.5, 0.6) is 5.75 Å². The fourth-order valence-corrected chi connectivity index (χ4v) is 7.28. The molecule has 2 aliphatic heterocycles. The summed E-state index contributed by atoms with van der Waals surface area (Å²) in [4.78, 5) is 52.2. The molecule has 2 fully saturated rings. The van der Waals surface area contributed by atoms with Gasteiger partial charge in [0.15, 0.2) is 18.0 Å². The Hall–Kier alpha value is -4.92. The maximum Gasteiger partial charge on any atom is 0.459 e. The van der Waals surface area contributed by atoms with E-state index in [0.29, 0.717) is 17.0 Å². The van der Waals surface area contributed by atoms with E-state index in [0.717, 1.165) is 33.3 Å². The van der Waals surface area contributed by atoms with E-state index in [1.165, 1.54) is 29.9 Å². The van der Waals surface area contributed by atoms with E-state index >= 15 is 0 Å².